The molecule has 1 heterocycles. The Morgan fingerprint density at radius 1 is 1.24 bits per heavy atom. The highest BCUT2D eigenvalue weighted by molar-refractivity contribution is 14.1. The van der Waals surface area contributed by atoms with Gasteiger partial charge in [0.15, 0.2) is 0 Å². The molecular weight excluding hydrogens is 374 g/mol. The second kappa shape index (κ2) is 5.37. The summed E-state index contributed by atoms with van der Waals surface area (Å²) in [6.07, 6.45) is 1.37. The summed E-state index contributed by atoms with van der Waals surface area (Å²) in [5.74, 6) is 0. The minimum atomic E-state index is -0.377. The molecule has 0 saturated heterocycles. The number of benzene rings is 1. The van der Waals surface area contributed by atoms with E-state index in [-0.39, 0.29) is 15.6 Å². The van der Waals surface area contributed by atoms with Gasteiger partial charge in [0.1, 0.15) is 5.02 Å². The van der Waals surface area contributed by atoms with Crippen molar-refractivity contribution in [3.05, 3.63) is 60.0 Å². The molecule has 0 spiro atoms. The van der Waals surface area contributed by atoms with Crippen LogP contribution in [0.4, 0.5) is 0 Å². The monoisotopic (exact) mass is 380 g/mol. The van der Waals surface area contributed by atoms with E-state index in [1.807, 2.05) is 24.3 Å². The Bertz CT molecular complexity index is 595. The van der Waals surface area contributed by atoms with Gasteiger partial charge in [0.2, 0.25) is 0 Å². The molecular formula is C11H7Cl2IN2O. The van der Waals surface area contributed by atoms with Gasteiger partial charge in [-0.05, 0) is 40.3 Å². The molecule has 0 aliphatic rings. The first-order valence-electron chi connectivity index (χ1n) is 4.73. The van der Waals surface area contributed by atoms with Crippen LogP contribution in [0.2, 0.25) is 10.0 Å². The summed E-state index contributed by atoms with van der Waals surface area (Å²) in [5, 5.41) is 4.13. The SMILES string of the molecule is O=c1c(Cl)c(Cl)cnn1Cc1ccc(I)cc1. The third-order valence-electron chi connectivity index (χ3n) is 2.19. The molecule has 1 aromatic carbocycles. The summed E-state index contributed by atoms with van der Waals surface area (Å²) in [6, 6.07) is 7.83. The van der Waals surface area contributed by atoms with Gasteiger partial charge in [-0.25, -0.2) is 4.68 Å². The van der Waals surface area contributed by atoms with E-state index < -0.39 is 0 Å². The van der Waals surface area contributed by atoms with Crippen LogP contribution in [0.5, 0.6) is 0 Å². The Morgan fingerprint density at radius 2 is 1.88 bits per heavy atom. The molecule has 0 N–H and O–H groups in total. The Labute approximate surface area is 122 Å². The van der Waals surface area contributed by atoms with Gasteiger partial charge in [-0.3, -0.25) is 4.79 Å². The van der Waals surface area contributed by atoms with E-state index in [0.29, 0.717) is 6.54 Å². The standard InChI is InChI=1S/C11H7Cl2IN2O/c12-9-5-15-16(11(17)10(9)13)6-7-1-3-8(14)4-2-7/h1-5H,6H2. The summed E-state index contributed by atoms with van der Waals surface area (Å²) in [6.45, 7) is 0.382. The van der Waals surface area contributed by atoms with E-state index in [1.165, 1.54) is 10.9 Å². The molecule has 0 bridgehead atoms. The van der Waals surface area contributed by atoms with E-state index >= 15 is 0 Å². The van der Waals surface area contributed by atoms with Crippen molar-refractivity contribution in [2.75, 3.05) is 0 Å². The van der Waals surface area contributed by atoms with E-state index in [1.54, 1.807) is 0 Å². The van der Waals surface area contributed by atoms with Crippen molar-refractivity contribution in [2.24, 2.45) is 0 Å². The van der Waals surface area contributed by atoms with Crippen LogP contribution >= 0.6 is 45.8 Å². The zero-order valence-corrected chi connectivity index (χ0v) is 12.2. The van der Waals surface area contributed by atoms with Crippen LogP contribution in [0.3, 0.4) is 0 Å². The van der Waals surface area contributed by atoms with Crippen LogP contribution in [0, 0.1) is 3.57 Å². The third-order valence-corrected chi connectivity index (χ3v) is 3.66. The van der Waals surface area contributed by atoms with Crippen LogP contribution in [0.1, 0.15) is 5.56 Å². The van der Waals surface area contributed by atoms with Crippen LogP contribution in [-0.2, 0) is 6.54 Å². The molecule has 2 aromatic rings. The molecule has 0 saturated carbocycles. The highest BCUT2D eigenvalue weighted by Crippen LogP contribution is 2.15. The van der Waals surface area contributed by atoms with Crippen molar-refractivity contribution in [3.63, 3.8) is 0 Å². The van der Waals surface area contributed by atoms with Gasteiger partial charge in [0.05, 0.1) is 17.8 Å². The van der Waals surface area contributed by atoms with Gasteiger partial charge in [0, 0.05) is 3.57 Å². The number of aromatic nitrogens is 2. The maximum atomic E-state index is 11.7. The van der Waals surface area contributed by atoms with Crippen molar-refractivity contribution >= 4 is 45.8 Å². The van der Waals surface area contributed by atoms with Crippen molar-refractivity contribution < 1.29 is 0 Å². The molecule has 0 radical (unpaired) electrons. The van der Waals surface area contributed by atoms with Crippen LogP contribution in [-0.4, -0.2) is 9.78 Å². The summed E-state index contributed by atoms with van der Waals surface area (Å²) < 4.78 is 2.43. The second-order valence-electron chi connectivity index (χ2n) is 3.40. The summed E-state index contributed by atoms with van der Waals surface area (Å²) >= 11 is 13.7. The lowest BCUT2D eigenvalue weighted by atomic mass is 10.2. The maximum Gasteiger partial charge on any atom is 0.287 e. The molecule has 2 rings (SSSR count). The molecule has 3 nitrogen and oxygen atoms in total. The second-order valence-corrected chi connectivity index (χ2v) is 5.43. The first-order chi connectivity index (χ1) is 8.08. The molecule has 88 valence electrons. The summed E-state index contributed by atoms with van der Waals surface area (Å²) in [7, 11) is 0. The number of hydrogen-bond acceptors (Lipinski definition) is 2. The van der Waals surface area contributed by atoms with Crippen molar-refractivity contribution in [3.8, 4) is 0 Å². The van der Waals surface area contributed by atoms with Crippen LogP contribution < -0.4 is 5.56 Å². The lowest BCUT2D eigenvalue weighted by molar-refractivity contribution is 0.639. The fraction of sp³-hybridized carbons (Fsp3) is 0.0909. The highest BCUT2D eigenvalue weighted by atomic mass is 127. The predicted molar refractivity (Wildman–Crippen MR) is 76.8 cm³/mol. The van der Waals surface area contributed by atoms with Gasteiger partial charge in [0.25, 0.3) is 5.56 Å². The average molecular weight is 381 g/mol. The largest absolute Gasteiger partial charge is 0.287 e. The first-order valence-corrected chi connectivity index (χ1v) is 6.57. The van der Waals surface area contributed by atoms with Gasteiger partial charge < -0.3 is 0 Å². The minimum Gasteiger partial charge on any atom is -0.266 e. The Morgan fingerprint density at radius 3 is 2.53 bits per heavy atom. The number of halogens is 3. The molecule has 0 fully saturated rings. The number of hydrogen-bond donors (Lipinski definition) is 0. The molecule has 6 heteroatoms. The van der Waals surface area contributed by atoms with E-state index in [9.17, 15) is 4.79 Å². The predicted octanol–water partition coefficient (Wildman–Crippen LogP) is 3.20. The molecule has 0 aliphatic heterocycles. The van der Waals surface area contributed by atoms with Crippen LogP contribution in [0.25, 0.3) is 0 Å². The normalized spacial score (nSPS) is 10.5. The third kappa shape index (κ3) is 3.00. The minimum absolute atomic E-state index is 0.00665. The zero-order valence-electron chi connectivity index (χ0n) is 8.53. The molecule has 0 atom stereocenters. The zero-order chi connectivity index (χ0) is 12.4. The smallest absolute Gasteiger partial charge is 0.266 e. The van der Waals surface area contributed by atoms with Gasteiger partial charge in [-0.1, -0.05) is 35.3 Å². The van der Waals surface area contributed by atoms with Crippen molar-refractivity contribution in [2.45, 2.75) is 6.54 Å². The summed E-state index contributed by atoms with van der Waals surface area (Å²) in [5.41, 5.74) is 0.608. The topological polar surface area (TPSA) is 34.9 Å². The van der Waals surface area contributed by atoms with Crippen LogP contribution in [0.15, 0.2) is 35.3 Å². The molecule has 0 amide bonds. The molecule has 0 aliphatic carbocycles. The lowest BCUT2D eigenvalue weighted by Crippen LogP contribution is -2.23. The average Bonchev–Trinajstić information content (AvgIpc) is 2.33. The van der Waals surface area contributed by atoms with E-state index in [0.717, 1.165) is 9.13 Å². The lowest BCUT2D eigenvalue weighted by Gasteiger charge is -2.05. The molecule has 17 heavy (non-hydrogen) atoms. The van der Waals surface area contributed by atoms with Gasteiger partial charge >= 0.3 is 0 Å². The Kier molecular flexibility index (Phi) is 4.06. The highest BCUT2D eigenvalue weighted by Gasteiger charge is 2.07. The molecule has 0 unspecified atom stereocenters. The maximum absolute atomic E-state index is 11.7. The Balaban J connectivity index is 2.34. The van der Waals surface area contributed by atoms with Gasteiger partial charge in [-0.15, -0.1) is 0 Å². The number of rotatable bonds is 2. The van der Waals surface area contributed by atoms with E-state index in [2.05, 4.69) is 27.7 Å². The quantitative estimate of drug-likeness (QED) is 0.750. The first kappa shape index (κ1) is 12.9. The van der Waals surface area contributed by atoms with Gasteiger partial charge in [-0.2, -0.15) is 5.10 Å². The van der Waals surface area contributed by atoms with Crippen molar-refractivity contribution in [1.82, 2.24) is 9.78 Å². The fourth-order valence-electron chi connectivity index (χ4n) is 1.32. The Hall–Kier alpha value is -0.590. The molecule has 1 aromatic heterocycles. The summed E-state index contributed by atoms with van der Waals surface area (Å²) in [4.78, 5) is 11.7. The number of nitrogens with zero attached hydrogens (tertiary/aromatic N) is 2. The van der Waals surface area contributed by atoms with Crippen molar-refractivity contribution in [1.29, 1.82) is 0 Å². The fourth-order valence-corrected chi connectivity index (χ4v) is 1.95. The van der Waals surface area contributed by atoms with E-state index in [4.69, 9.17) is 23.2 Å².